The van der Waals surface area contributed by atoms with Crippen molar-refractivity contribution < 1.29 is 9.72 Å². The minimum atomic E-state index is -0.589. The van der Waals surface area contributed by atoms with E-state index in [0.717, 1.165) is 5.56 Å². The van der Waals surface area contributed by atoms with Gasteiger partial charge in [-0.25, -0.2) is 0 Å². The summed E-state index contributed by atoms with van der Waals surface area (Å²) in [6.45, 7) is 0.196. The summed E-state index contributed by atoms with van der Waals surface area (Å²) in [4.78, 5) is 22.3. The topological polar surface area (TPSA) is 72.2 Å². The van der Waals surface area contributed by atoms with Crippen molar-refractivity contribution in [2.75, 3.05) is 0 Å². The van der Waals surface area contributed by atoms with Crippen LogP contribution < -0.4 is 5.32 Å². The molecular weight excluding hydrogens is 315 g/mol. The molecule has 1 amide bonds. The third kappa shape index (κ3) is 3.71. The van der Waals surface area contributed by atoms with Crippen molar-refractivity contribution in [2.45, 2.75) is 6.54 Å². The first-order valence-corrected chi connectivity index (χ1v) is 6.70. The number of benzene rings is 2. The molecule has 1 N–H and O–H groups in total. The number of para-hydroxylation sites is 1. The lowest BCUT2D eigenvalue weighted by Crippen LogP contribution is -2.23. The lowest BCUT2D eigenvalue weighted by Gasteiger charge is -2.07. The van der Waals surface area contributed by atoms with Crippen molar-refractivity contribution in [2.24, 2.45) is 0 Å². The van der Waals surface area contributed by atoms with Gasteiger partial charge in [-0.15, -0.1) is 0 Å². The lowest BCUT2D eigenvalue weighted by atomic mass is 10.1. The quantitative estimate of drug-likeness (QED) is 0.686. The highest BCUT2D eigenvalue weighted by atomic mass is 35.5. The number of hydrogen-bond acceptors (Lipinski definition) is 3. The van der Waals surface area contributed by atoms with Crippen LogP contribution in [0.1, 0.15) is 15.9 Å². The minimum absolute atomic E-state index is 0.0163. The second kappa shape index (κ2) is 6.56. The average molecular weight is 325 g/mol. The molecule has 0 aliphatic heterocycles. The van der Waals surface area contributed by atoms with Gasteiger partial charge < -0.3 is 5.32 Å². The van der Waals surface area contributed by atoms with Crippen LogP contribution in [0.25, 0.3) is 0 Å². The molecule has 0 aromatic heterocycles. The highest BCUT2D eigenvalue weighted by Crippen LogP contribution is 2.23. The summed E-state index contributed by atoms with van der Waals surface area (Å²) in [7, 11) is 0. The van der Waals surface area contributed by atoms with E-state index in [1.807, 2.05) is 0 Å². The Labute approximate surface area is 130 Å². The van der Waals surface area contributed by atoms with E-state index in [-0.39, 0.29) is 17.8 Å². The van der Waals surface area contributed by atoms with Crippen molar-refractivity contribution in [3.8, 4) is 0 Å². The van der Waals surface area contributed by atoms with Gasteiger partial charge >= 0.3 is 0 Å². The van der Waals surface area contributed by atoms with E-state index in [9.17, 15) is 14.9 Å². The molecule has 2 aromatic carbocycles. The minimum Gasteiger partial charge on any atom is -0.348 e. The maximum Gasteiger partial charge on any atom is 0.282 e. The van der Waals surface area contributed by atoms with Crippen LogP contribution in [0.2, 0.25) is 10.0 Å². The van der Waals surface area contributed by atoms with Gasteiger partial charge in [-0.3, -0.25) is 14.9 Å². The fourth-order valence-electron chi connectivity index (χ4n) is 1.75. The molecule has 2 rings (SSSR count). The largest absolute Gasteiger partial charge is 0.348 e. The normalized spacial score (nSPS) is 10.2. The SMILES string of the molecule is O=C(NCc1ccc(Cl)c(Cl)c1)c1ccccc1[N+](=O)[O-]. The number of rotatable bonds is 4. The zero-order valence-corrected chi connectivity index (χ0v) is 12.2. The Balaban J connectivity index is 2.12. The molecule has 21 heavy (non-hydrogen) atoms. The summed E-state index contributed by atoms with van der Waals surface area (Å²) >= 11 is 11.7. The lowest BCUT2D eigenvalue weighted by molar-refractivity contribution is -0.385. The van der Waals surface area contributed by atoms with Crippen molar-refractivity contribution >= 4 is 34.8 Å². The van der Waals surface area contributed by atoms with Crippen LogP contribution in [0, 0.1) is 10.1 Å². The number of amides is 1. The number of carbonyl (C=O) groups excluding carboxylic acids is 1. The van der Waals surface area contributed by atoms with E-state index in [1.165, 1.54) is 18.2 Å². The van der Waals surface area contributed by atoms with Crippen LogP contribution in [0.15, 0.2) is 42.5 Å². The van der Waals surface area contributed by atoms with E-state index in [2.05, 4.69) is 5.32 Å². The van der Waals surface area contributed by atoms with Crippen LogP contribution >= 0.6 is 23.2 Å². The number of carbonyl (C=O) groups is 1. The predicted molar refractivity (Wildman–Crippen MR) is 80.7 cm³/mol. The fraction of sp³-hybridized carbons (Fsp3) is 0.0714. The van der Waals surface area contributed by atoms with Crippen LogP contribution in [-0.2, 0) is 6.54 Å². The summed E-state index contributed by atoms with van der Waals surface area (Å²) in [5.41, 5.74) is 0.531. The first-order chi connectivity index (χ1) is 9.99. The molecule has 2 aromatic rings. The van der Waals surface area contributed by atoms with Gasteiger partial charge in [0.1, 0.15) is 5.56 Å². The van der Waals surface area contributed by atoms with Crippen molar-refractivity contribution in [3.05, 3.63) is 73.8 Å². The molecule has 0 radical (unpaired) electrons. The molecule has 0 heterocycles. The summed E-state index contributed by atoms with van der Waals surface area (Å²) in [6, 6.07) is 10.7. The molecule has 0 saturated heterocycles. The van der Waals surface area contributed by atoms with Gasteiger partial charge in [0.15, 0.2) is 0 Å². The smallest absolute Gasteiger partial charge is 0.282 e. The Morgan fingerprint density at radius 2 is 1.86 bits per heavy atom. The van der Waals surface area contributed by atoms with Gasteiger partial charge in [0.25, 0.3) is 11.6 Å². The van der Waals surface area contributed by atoms with E-state index in [4.69, 9.17) is 23.2 Å². The second-order valence-electron chi connectivity index (χ2n) is 4.21. The average Bonchev–Trinajstić information content (AvgIpc) is 2.48. The molecule has 0 spiro atoms. The van der Waals surface area contributed by atoms with Crippen LogP contribution in [0.3, 0.4) is 0 Å². The summed E-state index contributed by atoms with van der Waals surface area (Å²) in [5.74, 6) is -0.520. The van der Waals surface area contributed by atoms with Crippen molar-refractivity contribution in [3.63, 3.8) is 0 Å². The predicted octanol–water partition coefficient (Wildman–Crippen LogP) is 3.83. The standard InChI is InChI=1S/C14H10Cl2N2O3/c15-11-6-5-9(7-12(11)16)8-17-14(19)10-3-1-2-4-13(10)18(20)21/h1-7H,8H2,(H,17,19). The number of halogens is 2. The number of nitro benzene ring substituents is 1. The maximum atomic E-state index is 12.0. The molecule has 108 valence electrons. The Bertz CT molecular complexity index is 704. The number of nitro groups is 1. The van der Waals surface area contributed by atoms with Crippen molar-refractivity contribution in [1.82, 2.24) is 5.32 Å². The molecule has 5 nitrogen and oxygen atoms in total. The Morgan fingerprint density at radius 1 is 1.14 bits per heavy atom. The molecule has 0 bridgehead atoms. The van der Waals surface area contributed by atoms with Gasteiger partial charge in [-0.05, 0) is 23.8 Å². The van der Waals surface area contributed by atoms with E-state index >= 15 is 0 Å². The number of nitrogens with zero attached hydrogens (tertiary/aromatic N) is 1. The fourth-order valence-corrected chi connectivity index (χ4v) is 2.07. The van der Waals surface area contributed by atoms with E-state index < -0.39 is 10.8 Å². The van der Waals surface area contributed by atoms with Gasteiger partial charge in [-0.2, -0.15) is 0 Å². The molecule has 0 atom stereocenters. The first-order valence-electron chi connectivity index (χ1n) is 5.94. The Hall–Kier alpha value is -2.11. The maximum absolute atomic E-state index is 12.0. The van der Waals surface area contributed by atoms with Crippen LogP contribution in [-0.4, -0.2) is 10.8 Å². The zero-order chi connectivity index (χ0) is 15.4. The van der Waals surface area contributed by atoms with Crippen LogP contribution in [0.4, 0.5) is 5.69 Å². The Kier molecular flexibility index (Phi) is 4.77. The van der Waals surface area contributed by atoms with Crippen molar-refractivity contribution in [1.29, 1.82) is 0 Å². The third-order valence-electron chi connectivity index (χ3n) is 2.78. The molecule has 0 saturated carbocycles. The summed E-state index contributed by atoms with van der Waals surface area (Å²) in [6.07, 6.45) is 0. The third-order valence-corrected chi connectivity index (χ3v) is 3.52. The molecule has 0 unspecified atom stereocenters. The first kappa shape index (κ1) is 15.3. The Morgan fingerprint density at radius 3 is 2.52 bits per heavy atom. The second-order valence-corrected chi connectivity index (χ2v) is 5.02. The monoisotopic (exact) mass is 324 g/mol. The highest BCUT2D eigenvalue weighted by Gasteiger charge is 2.18. The van der Waals surface area contributed by atoms with Gasteiger partial charge in [0, 0.05) is 12.6 Å². The zero-order valence-electron chi connectivity index (χ0n) is 10.7. The molecule has 0 fully saturated rings. The number of nitrogens with one attached hydrogen (secondary N) is 1. The van der Waals surface area contributed by atoms with Gasteiger partial charge in [0.2, 0.25) is 0 Å². The van der Waals surface area contributed by atoms with Crippen LogP contribution in [0.5, 0.6) is 0 Å². The summed E-state index contributed by atoms with van der Waals surface area (Å²) < 4.78 is 0. The van der Waals surface area contributed by atoms with Gasteiger partial charge in [0.05, 0.1) is 15.0 Å². The summed E-state index contributed by atoms with van der Waals surface area (Å²) in [5, 5.41) is 14.3. The molecular formula is C14H10Cl2N2O3. The van der Waals surface area contributed by atoms with E-state index in [1.54, 1.807) is 24.3 Å². The molecule has 7 heteroatoms. The van der Waals surface area contributed by atoms with Gasteiger partial charge in [-0.1, -0.05) is 41.4 Å². The molecule has 0 aliphatic carbocycles. The number of hydrogen-bond donors (Lipinski definition) is 1. The highest BCUT2D eigenvalue weighted by molar-refractivity contribution is 6.42. The van der Waals surface area contributed by atoms with E-state index in [0.29, 0.717) is 10.0 Å². The molecule has 0 aliphatic rings.